The maximum Gasteiger partial charge on any atom is 0.291 e. The predicted octanol–water partition coefficient (Wildman–Crippen LogP) is 3.26. The molecular formula is C13H13NO3S. The van der Waals surface area contributed by atoms with E-state index in [1.807, 2.05) is 18.4 Å². The molecule has 0 spiro atoms. The van der Waals surface area contributed by atoms with E-state index in [1.54, 1.807) is 31.4 Å². The van der Waals surface area contributed by atoms with Gasteiger partial charge in [-0.3, -0.25) is 4.79 Å². The first-order chi connectivity index (χ1) is 8.72. The van der Waals surface area contributed by atoms with Crippen LogP contribution in [0.2, 0.25) is 0 Å². The number of rotatable bonds is 4. The quantitative estimate of drug-likeness (QED) is 0.860. The Morgan fingerprint density at radius 2 is 2.17 bits per heavy atom. The molecule has 1 N–H and O–H groups in total. The summed E-state index contributed by atoms with van der Waals surface area (Å²) >= 11 is 1.45. The maximum absolute atomic E-state index is 11.9. The zero-order valence-electron chi connectivity index (χ0n) is 10.1. The summed E-state index contributed by atoms with van der Waals surface area (Å²) in [6, 6.07) is 10.6. The fourth-order valence-corrected chi connectivity index (χ4v) is 1.82. The molecule has 0 fully saturated rings. The van der Waals surface area contributed by atoms with Gasteiger partial charge < -0.3 is 14.5 Å². The van der Waals surface area contributed by atoms with E-state index in [9.17, 15) is 4.79 Å². The molecule has 0 atom stereocenters. The minimum absolute atomic E-state index is 0.274. The average Bonchev–Trinajstić information content (AvgIpc) is 2.88. The van der Waals surface area contributed by atoms with Crippen LogP contribution in [0.4, 0.5) is 5.69 Å². The van der Waals surface area contributed by atoms with Gasteiger partial charge in [0.25, 0.3) is 5.91 Å². The number of benzene rings is 1. The first kappa shape index (κ1) is 12.6. The second-order valence-corrected chi connectivity index (χ2v) is 4.32. The molecule has 0 aliphatic rings. The number of carbonyl (C=O) groups is 1. The van der Waals surface area contributed by atoms with E-state index in [1.165, 1.54) is 11.8 Å². The number of hydrogen-bond donors (Lipinski definition) is 1. The Labute approximate surface area is 109 Å². The molecule has 1 aromatic carbocycles. The third-order valence-electron chi connectivity index (χ3n) is 2.33. The number of nitrogens with one attached hydrogen (secondary N) is 1. The molecular weight excluding hydrogens is 250 g/mol. The summed E-state index contributed by atoms with van der Waals surface area (Å²) < 4.78 is 10.4. The van der Waals surface area contributed by atoms with Gasteiger partial charge in [-0.25, -0.2) is 0 Å². The Morgan fingerprint density at radius 1 is 1.33 bits per heavy atom. The monoisotopic (exact) mass is 263 g/mol. The zero-order chi connectivity index (χ0) is 13.0. The number of thioether (sulfide) groups is 1. The van der Waals surface area contributed by atoms with Crippen molar-refractivity contribution in [1.82, 2.24) is 0 Å². The first-order valence-corrected chi connectivity index (χ1v) is 6.54. The van der Waals surface area contributed by atoms with Gasteiger partial charge in [0, 0.05) is 11.8 Å². The molecule has 0 aliphatic carbocycles. The SMILES string of the molecule is COc1cccc(NC(=O)c2ccc(SC)o2)c1. The summed E-state index contributed by atoms with van der Waals surface area (Å²) in [5.74, 6) is 0.711. The van der Waals surface area contributed by atoms with Crippen LogP contribution in [0.1, 0.15) is 10.6 Å². The van der Waals surface area contributed by atoms with Gasteiger partial charge >= 0.3 is 0 Å². The summed E-state index contributed by atoms with van der Waals surface area (Å²) in [7, 11) is 1.58. The molecule has 18 heavy (non-hydrogen) atoms. The van der Waals surface area contributed by atoms with E-state index >= 15 is 0 Å². The molecule has 0 unspecified atom stereocenters. The second-order valence-electron chi connectivity index (χ2n) is 3.51. The highest BCUT2D eigenvalue weighted by Crippen LogP contribution is 2.20. The smallest absolute Gasteiger partial charge is 0.291 e. The van der Waals surface area contributed by atoms with Crippen LogP contribution in [0.3, 0.4) is 0 Å². The Hall–Kier alpha value is -1.88. The highest BCUT2D eigenvalue weighted by Gasteiger charge is 2.11. The van der Waals surface area contributed by atoms with Crippen molar-refractivity contribution in [3.05, 3.63) is 42.2 Å². The first-order valence-electron chi connectivity index (χ1n) is 5.32. The van der Waals surface area contributed by atoms with Gasteiger partial charge in [0.1, 0.15) is 5.75 Å². The number of carbonyl (C=O) groups excluding carboxylic acids is 1. The van der Waals surface area contributed by atoms with Crippen LogP contribution < -0.4 is 10.1 Å². The van der Waals surface area contributed by atoms with E-state index in [0.29, 0.717) is 22.3 Å². The third kappa shape index (κ3) is 2.87. The van der Waals surface area contributed by atoms with Crippen LogP contribution in [0.5, 0.6) is 5.75 Å². The predicted molar refractivity (Wildman–Crippen MR) is 71.4 cm³/mol. The molecule has 1 heterocycles. The molecule has 0 saturated heterocycles. The van der Waals surface area contributed by atoms with Crippen molar-refractivity contribution in [2.75, 3.05) is 18.7 Å². The van der Waals surface area contributed by atoms with E-state index in [2.05, 4.69) is 5.32 Å². The van der Waals surface area contributed by atoms with Crippen molar-refractivity contribution < 1.29 is 13.9 Å². The van der Waals surface area contributed by atoms with Crippen LogP contribution in [-0.4, -0.2) is 19.3 Å². The number of methoxy groups -OCH3 is 1. The van der Waals surface area contributed by atoms with Crippen LogP contribution in [0.25, 0.3) is 0 Å². The van der Waals surface area contributed by atoms with Crippen molar-refractivity contribution in [1.29, 1.82) is 0 Å². The van der Waals surface area contributed by atoms with Crippen molar-refractivity contribution in [3.63, 3.8) is 0 Å². The standard InChI is InChI=1S/C13H13NO3S/c1-16-10-5-3-4-9(8-10)14-13(15)11-6-7-12(17-11)18-2/h3-8H,1-2H3,(H,14,15). The van der Waals surface area contributed by atoms with Crippen LogP contribution in [0.15, 0.2) is 45.9 Å². The largest absolute Gasteiger partial charge is 0.497 e. The van der Waals surface area contributed by atoms with Gasteiger partial charge in [-0.05, 0) is 30.5 Å². The lowest BCUT2D eigenvalue weighted by molar-refractivity contribution is 0.0992. The van der Waals surface area contributed by atoms with Crippen molar-refractivity contribution in [2.24, 2.45) is 0 Å². The molecule has 4 nitrogen and oxygen atoms in total. The molecule has 1 aromatic heterocycles. The van der Waals surface area contributed by atoms with Gasteiger partial charge in [0.05, 0.1) is 7.11 Å². The summed E-state index contributed by atoms with van der Waals surface area (Å²) in [6.07, 6.45) is 1.89. The van der Waals surface area contributed by atoms with Crippen molar-refractivity contribution in [3.8, 4) is 5.75 Å². The van der Waals surface area contributed by atoms with Crippen LogP contribution >= 0.6 is 11.8 Å². The summed E-state index contributed by atoms with van der Waals surface area (Å²) in [6.45, 7) is 0. The Balaban J connectivity index is 2.10. The van der Waals surface area contributed by atoms with E-state index in [0.717, 1.165) is 0 Å². The number of ether oxygens (including phenoxy) is 1. The lowest BCUT2D eigenvalue weighted by atomic mass is 10.3. The Morgan fingerprint density at radius 3 is 2.83 bits per heavy atom. The molecule has 0 bridgehead atoms. The lowest BCUT2D eigenvalue weighted by Crippen LogP contribution is -2.10. The van der Waals surface area contributed by atoms with Gasteiger partial charge in [-0.2, -0.15) is 0 Å². The highest BCUT2D eigenvalue weighted by atomic mass is 32.2. The Bertz CT molecular complexity index is 551. The minimum Gasteiger partial charge on any atom is -0.497 e. The molecule has 0 aliphatic heterocycles. The van der Waals surface area contributed by atoms with E-state index in [4.69, 9.17) is 9.15 Å². The fraction of sp³-hybridized carbons (Fsp3) is 0.154. The molecule has 0 saturated carbocycles. The molecule has 0 radical (unpaired) electrons. The summed E-state index contributed by atoms with van der Waals surface area (Å²) in [4.78, 5) is 11.9. The molecule has 2 rings (SSSR count). The van der Waals surface area contributed by atoms with E-state index in [-0.39, 0.29) is 5.91 Å². The third-order valence-corrected chi connectivity index (χ3v) is 2.96. The molecule has 5 heteroatoms. The number of hydrogen-bond acceptors (Lipinski definition) is 4. The second kappa shape index (κ2) is 5.64. The fourth-order valence-electron chi connectivity index (χ4n) is 1.45. The highest BCUT2D eigenvalue weighted by molar-refractivity contribution is 7.98. The average molecular weight is 263 g/mol. The van der Waals surface area contributed by atoms with Crippen molar-refractivity contribution >= 4 is 23.4 Å². The normalized spacial score (nSPS) is 10.1. The lowest BCUT2D eigenvalue weighted by Gasteiger charge is -2.05. The Kier molecular flexibility index (Phi) is 3.94. The number of furan rings is 1. The number of anilines is 1. The summed E-state index contributed by atoms with van der Waals surface area (Å²) in [5.41, 5.74) is 0.668. The summed E-state index contributed by atoms with van der Waals surface area (Å²) in [5, 5.41) is 3.46. The van der Waals surface area contributed by atoms with E-state index < -0.39 is 0 Å². The zero-order valence-corrected chi connectivity index (χ0v) is 10.9. The van der Waals surface area contributed by atoms with Crippen molar-refractivity contribution in [2.45, 2.75) is 5.09 Å². The van der Waals surface area contributed by atoms with Crippen LogP contribution in [-0.2, 0) is 0 Å². The molecule has 94 valence electrons. The van der Waals surface area contributed by atoms with Gasteiger partial charge in [0.2, 0.25) is 0 Å². The molecule has 1 amide bonds. The van der Waals surface area contributed by atoms with Gasteiger partial charge in [0.15, 0.2) is 10.9 Å². The molecule has 2 aromatic rings. The van der Waals surface area contributed by atoms with Gasteiger partial charge in [-0.15, -0.1) is 0 Å². The van der Waals surface area contributed by atoms with Gasteiger partial charge in [-0.1, -0.05) is 17.8 Å². The minimum atomic E-state index is -0.274. The number of amides is 1. The van der Waals surface area contributed by atoms with Crippen LogP contribution in [0, 0.1) is 0 Å². The maximum atomic E-state index is 11.9. The topological polar surface area (TPSA) is 51.5 Å².